The fraction of sp³-hybridized carbons (Fsp3) is 0.353. The van der Waals surface area contributed by atoms with Crippen LogP contribution in [0, 0.1) is 11.6 Å². The Kier molecular flexibility index (Phi) is 7.61. The van der Waals surface area contributed by atoms with Crippen LogP contribution < -0.4 is 10.8 Å². The second-order valence-electron chi connectivity index (χ2n) is 5.61. The van der Waals surface area contributed by atoms with E-state index in [4.69, 9.17) is 5.21 Å². The maximum atomic E-state index is 13.8. The van der Waals surface area contributed by atoms with Crippen molar-refractivity contribution in [1.82, 2.24) is 15.8 Å². The van der Waals surface area contributed by atoms with Crippen molar-refractivity contribution in [2.45, 2.75) is 32.1 Å². The van der Waals surface area contributed by atoms with Gasteiger partial charge in [-0.2, -0.15) is 0 Å². The Labute approximate surface area is 153 Å². The first-order valence-electron chi connectivity index (χ1n) is 8.13. The van der Waals surface area contributed by atoms with Crippen LogP contribution in [0.3, 0.4) is 0 Å². The Bertz CT molecular complexity index is 767. The summed E-state index contributed by atoms with van der Waals surface area (Å²) in [6.07, 6.45) is 4.72. The molecule has 26 heavy (non-hydrogen) atoms. The van der Waals surface area contributed by atoms with Gasteiger partial charge in [-0.15, -0.1) is 11.3 Å². The van der Waals surface area contributed by atoms with Crippen LogP contribution in [0.2, 0.25) is 0 Å². The zero-order valence-corrected chi connectivity index (χ0v) is 14.7. The minimum atomic E-state index is -0.721. The van der Waals surface area contributed by atoms with E-state index < -0.39 is 17.5 Å². The van der Waals surface area contributed by atoms with Gasteiger partial charge < -0.3 is 5.32 Å². The summed E-state index contributed by atoms with van der Waals surface area (Å²) in [4.78, 5) is 27.3. The molecule has 0 aliphatic carbocycles. The molecule has 0 atom stereocenters. The molecule has 0 saturated heterocycles. The predicted molar refractivity (Wildman–Crippen MR) is 92.8 cm³/mol. The molecule has 1 aromatic heterocycles. The second kappa shape index (κ2) is 9.93. The van der Waals surface area contributed by atoms with E-state index in [0.29, 0.717) is 22.9 Å². The van der Waals surface area contributed by atoms with Crippen molar-refractivity contribution in [2.75, 3.05) is 6.54 Å². The molecule has 0 aliphatic rings. The molecular weight excluding hydrogens is 364 g/mol. The summed E-state index contributed by atoms with van der Waals surface area (Å²) < 4.78 is 26.7. The molecule has 140 valence electrons. The van der Waals surface area contributed by atoms with E-state index in [0.717, 1.165) is 42.7 Å². The zero-order valence-electron chi connectivity index (χ0n) is 13.9. The van der Waals surface area contributed by atoms with E-state index in [-0.39, 0.29) is 17.9 Å². The molecule has 0 aliphatic heterocycles. The van der Waals surface area contributed by atoms with E-state index in [2.05, 4.69) is 10.3 Å². The second-order valence-corrected chi connectivity index (χ2v) is 6.64. The van der Waals surface area contributed by atoms with Gasteiger partial charge in [0.15, 0.2) is 0 Å². The van der Waals surface area contributed by atoms with Crippen LogP contribution in [-0.2, 0) is 4.79 Å². The summed E-state index contributed by atoms with van der Waals surface area (Å²) in [6, 6.07) is 3.21. The van der Waals surface area contributed by atoms with Crippen LogP contribution in [0.1, 0.15) is 41.8 Å². The van der Waals surface area contributed by atoms with Gasteiger partial charge in [0.25, 0.3) is 5.91 Å². The fourth-order valence-electron chi connectivity index (χ4n) is 2.28. The number of carbonyl (C=O) groups is 2. The van der Waals surface area contributed by atoms with Gasteiger partial charge in [0.05, 0.1) is 6.20 Å². The van der Waals surface area contributed by atoms with Gasteiger partial charge in [-0.3, -0.25) is 14.8 Å². The van der Waals surface area contributed by atoms with E-state index in [9.17, 15) is 18.4 Å². The van der Waals surface area contributed by atoms with E-state index in [1.807, 2.05) is 0 Å². The number of hydrogen-bond donors (Lipinski definition) is 3. The quantitative estimate of drug-likeness (QED) is 0.352. The molecular formula is C17H19F2N3O3S. The van der Waals surface area contributed by atoms with Crippen molar-refractivity contribution in [3.05, 3.63) is 40.9 Å². The topological polar surface area (TPSA) is 91.3 Å². The highest BCUT2D eigenvalue weighted by Crippen LogP contribution is 2.27. The van der Waals surface area contributed by atoms with Crippen molar-refractivity contribution < 1.29 is 23.6 Å². The number of amides is 2. The first-order chi connectivity index (χ1) is 12.5. The molecule has 0 fully saturated rings. The number of hydrogen-bond acceptors (Lipinski definition) is 5. The van der Waals surface area contributed by atoms with Gasteiger partial charge in [-0.25, -0.2) is 19.2 Å². The van der Waals surface area contributed by atoms with Crippen LogP contribution in [0.15, 0.2) is 24.4 Å². The molecule has 2 aromatic rings. The lowest BCUT2D eigenvalue weighted by atomic mass is 10.1. The number of rotatable bonds is 9. The Morgan fingerprint density at radius 2 is 1.92 bits per heavy atom. The highest BCUT2D eigenvalue weighted by molar-refractivity contribution is 7.16. The lowest BCUT2D eigenvalue weighted by molar-refractivity contribution is -0.129. The lowest BCUT2D eigenvalue weighted by Gasteiger charge is -2.03. The molecule has 2 rings (SSSR count). The van der Waals surface area contributed by atoms with Crippen molar-refractivity contribution >= 4 is 23.2 Å². The molecule has 1 heterocycles. The summed E-state index contributed by atoms with van der Waals surface area (Å²) in [5, 5.41) is 11.4. The van der Waals surface area contributed by atoms with Crippen LogP contribution in [0.5, 0.6) is 0 Å². The average Bonchev–Trinajstić information content (AvgIpc) is 3.10. The largest absolute Gasteiger partial charge is 0.351 e. The molecule has 2 amide bonds. The SMILES string of the molecule is O=C(CCCCCCNC(=O)c1cnc(-c2ccc(F)cc2F)s1)NO. The summed E-state index contributed by atoms with van der Waals surface area (Å²) >= 11 is 1.04. The Hall–Kier alpha value is -2.39. The van der Waals surface area contributed by atoms with Crippen LogP contribution >= 0.6 is 11.3 Å². The maximum Gasteiger partial charge on any atom is 0.263 e. The lowest BCUT2D eigenvalue weighted by Crippen LogP contribution is -2.23. The van der Waals surface area contributed by atoms with Crippen LogP contribution in [0.4, 0.5) is 8.78 Å². The monoisotopic (exact) mass is 383 g/mol. The maximum absolute atomic E-state index is 13.8. The number of nitrogens with zero attached hydrogens (tertiary/aromatic N) is 1. The van der Waals surface area contributed by atoms with Gasteiger partial charge in [0.2, 0.25) is 5.91 Å². The third-order valence-electron chi connectivity index (χ3n) is 3.63. The van der Waals surface area contributed by atoms with E-state index >= 15 is 0 Å². The Morgan fingerprint density at radius 1 is 1.15 bits per heavy atom. The number of thiazole rings is 1. The summed E-state index contributed by atoms with van der Waals surface area (Å²) in [5.74, 6) is -2.09. The third kappa shape index (κ3) is 5.85. The minimum Gasteiger partial charge on any atom is -0.351 e. The molecule has 0 saturated carbocycles. The fourth-order valence-corrected chi connectivity index (χ4v) is 3.14. The van der Waals surface area contributed by atoms with Crippen molar-refractivity contribution in [3.63, 3.8) is 0 Å². The van der Waals surface area contributed by atoms with Crippen molar-refractivity contribution in [3.8, 4) is 10.6 Å². The molecule has 3 N–H and O–H groups in total. The molecule has 6 nitrogen and oxygen atoms in total. The smallest absolute Gasteiger partial charge is 0.263 e. The highest BCUT2D eigenvalue weighted by atomic mass is 32.1. The Morgan fingerprint density at radius 3 is 2.65 bits per heavy atom. The first-order valence-corrected chi connectivity index (χ1v) is 8.95. The number of unbranched alkanes of at least 4 members (excludes halogenated alkanes) is 3. The third-order valence-corrected chi connectivity index (χ3v) is 4.66. The molecule has 1 aromatic carbocycles. The summed E-state index contributed by atoms with van der Waals surface area (Å²) in [7, 11) is 0. The van der Waals surface area contributed by atoms with Gasteiger partial charge in [0, 0.05) is 24.6 Å². The van der Waals surface area contributed by atoms with Gasteiger partial charge in [0.1, 0.15) is 21.5 Å². The summed E-state index contributed by atoms with van der Waals surface area (Å²) in [5.41, 5.74) is 1.73. The van der Waals surface area contributed by atoms with Crippen LogP contribution in [-0.4, -0.2) is 28.6 Å². The van der Waals surface area contributed by atoms with E-state index in [1.165, 1.54) is 12.3 Å². The molecule has 0 bridgehead atoms. The number of carbonyl (C=O) groups excluding carboxylic acids is 2. The normalized spacial score (nSPS) is 10.6. The van der Waals surface area contributed by atoms with Gasteiger partial charge >= 0.3 is 0 Å². The number of aromatic nitrogens is 1. The first kappa shape index (κ1) is 19.9. The molecule has 0 radical (unpaired) electrons. The number of halogens is 2. The number of nitrogens with one attached hydrogen (secondary N) is 2. The Balaban J connectivity index is 1.75. The van der Waals surface area contributed by atoms with Crippen molar-refractivity contribution in [1.29, 1.82) is 0 Å². The number of benzene rings is 1. The van der Waals surface area contributed by atoms with Crippen LogP contribution in [0.25, 0.3) is 10.6 Å². The highest BCUT2D eigenvalue weighted by Gasteiger charge is 2.14. The molecule has 0 spiro atoms. The molecule has 0 unspecified atom stereocenters. The van der Waals surface area contributed by atoms with Gasteiger partial charge in [-0.05, 0) is 25.0 Å². The summed E-state index contributed by atoms with van der Waals surface area (Å²) in [6.45, 7) is 0.475. The van der Waals surface area contributed by atoms with Crippen molar-refractivity contribution in [2.24, 2.45) is 0 Å². The predicted octanol–water partition coefficient (Wildman–Crippen LogP) is 3.27. The zero-order chi connectivity index (χ0) is 18.9. The average molecular weight is 383 g/mol. The minimum absolute atomic E-state index is 0.155. The standard InChI is InChI=1S/C17H19F2N3O3S/c18-11-6-7-12(13(19)9-11)17-21-10-14(26-17)16(24)20-8-4-2-1-3-5-15(23)22-25/h6-7,9-10,25H,1-5,8H2,(H,20,24)(H,22,23). The van der Waals surface area contributed by atoms with E-state index in [1.54, 1.807) is 5.48 Å². The number of hydroxylamine groups is 1. The van der Waals surface area contributed by atoms with Gasteiger partial charge in [-0.1, -0.05) is 12.8 Å². The molecule has 9 heteroatoms.